The van der Waals surface area contributed by atoms with Gasteiger partial charge in [0.2, 0.25) is 5.91 Å². The fourth-order valence-electron chi connectivity index (χ4n) is 4.41. The van der Waals surface area contributed by atoms with E-state index >= 15 is 0 Å². The highest BCUT2D eigenvalue weighted by Crippen LogP contribution is 2.33. The van der Waals surface area contributed by atoms with Gasteiger partial charge in [0, 0.05) is 19.2 Å². The van der Waals surface area contributed by atoms with Gasteiger partial charge in [-0.25, -0.2) is 0 Å². The molecule has 1 unspecified atom stereocenters. The topological polar surface area (TPSA) is 79.0 Å². The largest absolute Gasteiger partial charge is 0.468 e. The molecule has 7 heteroatoms. The Bertz CT molecular complexity index is 815. The van der Waals surface area contributed by atoms with Crippen LogP contribution < -0.4 is 5.32 Å². The summed E-state index contributed by atoms with van der Waals surface area (Å²) in [5.74, 6) is -0.0196. The lowest BCUT2D eigenvalue weighted by atomic mass is 9.88. The first-order valence-electron chi connectivity index (χ1n) is 10.5. The molecule has 0 bridgehead atoms. The molecule has 1 atom stereocenters. The number of hydrogen-bond donors (Lipinski definition) is 1. The van der Waals surface area contributed by atoms with E-state index in [0.29, 0.717) is 37.4 Å². The molecule has 0 aliphatic carbocycles. The van der Waals surface area contributed by atoms with Crippen LogP contribution in [0.15, 0.2) is 30.9 Å². The number of allylic oxidation sites excluding steroid dienone is 1. The number of hydrogen-bond acceptors (Lipinski definition) is 5. The lowest BCUT2D eigenvalue weighted by Crippen LogP contribution is -2.46. The average Bonchev–Trinajstić information content (AvgIpc) is 3.09. The van der Waals surface area contributed by atoms with Crippen LogP contribution in [0, 0.1) is 0 Å². The van der Waals surface area contributed by atoms with Gasteiger partial charge in [0.05, 0.1) is 13.7 Å². The fraction of sp³-hybridized carbons (Fsp3) is 0.522. The predicted octanol–water partition coefficient (Wildman–Crippen LogP) is 2.08. The van der Waals surface area contributed by atoms with Crippen molar-refractivity contribution < 1.29 is 19.1 Å². The molecule has 0 aromatic heterocycles. The molecule has 0 saturated carbocycles. The average molecular weight is 414 g/mol. The minimum absolute atomic E-state index is 0.0814. The van der Waals surface area contributed by atoms with E-state index in [2.05, 4.69) is 22.9 Å². The van der Waals surface area contributed by atoms with Gasteiger partial charge >= 0.3 is 5.97 Å². The third kappa shape index (κ3) is 4.73. The third-order valence-corrected chi connectivity index (χ3v) is 6.17. The van der Waals surface area contributed by atoms with Crippen molar-refractivity contribution in [1.29, 1.82) is 0 Å². The molecule has 1 saturated heterocycles. The summed E-state index contributed by atoms with van der Waals surface area (Å²) in [4.78, 5) is 40.6. The number of likely N-dealkylation sites (N-methyl/N-ethyl adjacent to an activating group) is 1. The highest BCUT2D eigenvalue weighted by atomic mass is 16.5. The van der Waals surface area contributed by atoms with Crippen molar-refractivity contribution in [3.63, 3.8) is 0 Å². The van der Waals surface area contributed by atoms with E-state index in [-0.39, 0.29) is 17.8 Å². The summed E-state index contributed by atoms with van der Waals surface area (Å²) in [6, 6.07) is 5.59. The summed E-state index contributed by atoms with van der Waals surface area (Å²) in [5, 5.41) is 2.68. The number of amides is 2. The van der Waals surface area contributed by atoms with Gasteiger partial charge in [-0.05, 0) is 61.9 Å². The Morgan fingerprint density at radius 3 is 2.70 bits per heavy atom. The predicted molar refractivity (Wildman–Crippen MR) is 114 cm³/mol. The Morgan fingerprint density at radius 2 is 2.07 bits per heavy atom. The van der Waals surface area contributed by atoms with Gasteiger partial charge in [0.25, 0.3) is 5.91 Å². The normalized spacial score (nSPS) is 18.1. The summed E-state index contributed by atoms with van der Waals surface area (Å²) in [6.07, 6.45) is 4.94. The number of fused-ring (bicyclic) bond motifs is 1. The summed E-state index contributed by atoms with van der Waals surface area (Å²) >= 11 is 0. The number of rotatable bonds is 8. The van der Waals surface area contributed by atoms with Crippen molar-refractivity contribution in [1.82, 2.24) is 15.1 Å². The van der Waals surface area contributed by atoms with Crippen LogP contribution in [0.25, 0.3) is 0 Å². The van der Waals surface area contributed by atoms with Crippen molar-refractivity contribution >= 4 is 17.8 Å². The standard InChI is InChI=1S/C23H31N3O4/c1-4-5-6-20(22(28)24-2)26-14-18-13-17(7-8-19(18)23(26)29)16-9-11-25(12-10-16)15-21(27)30-3/h4,7-8,13,16,20H,1,5-6,9-12,14-15H2,2-3H3,(H,24,28). The van der Waals surface area contributed by atoms with Crippen LogP contribution in [0.3, 0.4) is 0 Å². The maximum Gasteiger partial charge on any atom is 0.319 e. The summed E-state index contributed by atoms with van der Waals surface area (Å²) in [6.45, 7) is 6.22. The molecule has 2 heterocycles. The zero-order valence-corrected chi connectivity index (χ0v) is 17.9. The number of benzene rings is 1. The number of carbonyl (C=O) groups is 3. The van der Waals surface area contributed by atoms with E-state index in [1.165, 1.54) is 12.7 Å². The Labute approximate surface area is 178 Å². The summed E-state index contributed by atoms with van der Waals surface area (Å²) in [7, 11) is 3.01. The second-order valence-corrected chi connectivity index (χ2v) is 7.97. The van der Waals surface area contributed by atoms with Crippen molar-refractivity contribution in [3.8, 4) is 0 Å². The molecule has 2 amide bonds. The van der Waals surface area contributed by atoms with Gasteiger partial charge in [-0.3, -0.25) is 19.3 Å². The molecule has 7 nitrogen and oxygen atoms in total. The zero-order chi connectivity index (χ0) is 21.7. The molecule has 3 rings (SSSR count). The quantitative estimate of drug-likeness (QED) is 0.521. The second kappa shape index (κ2) is 9.89. The fourth-order valence-corrected chi connectivity index (χ4v) is 4.41. The number of piperidine rings is 1. The Kier molecular flexibility index (Phi) is 7.26. The lowest BCUT2D eigenvalue weighted by Gasteiger charge is -2.31. The van der Waals surface area contributed by atoms with Gasteiger partial charge in [0.15, 0.2) is 0 Å². The van der Waals surface area contributed by atoms with Crippen molar-refractivity contribution in [2.75, 3.05) is 33.8 Å². The molecule has 162 valence electrons. The molecule has 2 aliphatic rings. The summed E-state index contributed by atoms with van der Waals surface area (Å²) < 4.78 is 4.75. The molecule has 0 spiro atoms. The first-order chi connectivity index (χ1) is 14.5. The molecule has 30 heavy (non-hydrogen) atoms. The molecule has 1 aromatic rings. The molecule has 1 fully saturated rings. The SMILES string of the molecule is C=CCCC(C(=O)NC)N1Cc2cc(C3CCN(CC(=O)OC)CC3)ccc2C1=O. The number of nitrogens with zero attached hydrogens (tertiary/aromatic N) is 2. The maximum absolute atomic E-state index is 13.0. The maximum atomic E-state index is 13.0. The van der Waals surface area contributed by atoms with E-state index in [9.17, 15) is 14.4 Å². The van der Waals surface area contributed by atoms with Gasteiger partial charge < -0.3 is 15.0 Å². The molecule has 0 radical (unpaired) electrons. The van der Waals surface area contributed by atoms with Gasteiger partial charge in [-0.15, -0.1) is 6.58 Å². The van der Waals surface area contributed by atoms with Crippen LogP contribution >= 0.6 is 0 Å². The first-order valence-corrected chi connectivity index (χ1v) is 10.5. The minimum atomic E-state index is -0.488. The monoisotopic (exact) mass is 413 g/mol. The highest BCUT2D eigenvalue weighted by molar-refractivity contribution is 6.01. The van der Waals surface area contributed by atoms with E-state index < -0.39 is 6.04 Å². The van der Waals surface area contributed by atoms with Crippen LogP contribution in [0.1, 0.15) is 53.1 Å². The third-order valence-electron chi connectivity index (χ3n) is 6.17. The number of methoxy groups -OCH3 is 1. The van der Waals surface area contributed by atoms with E-state index in [1.807, 2.05) is 12.1 Å². The van der Waals surface area contributed by atoms with Crippen molar-refractivity contribution in [3.05, 3.63) is 47.5 Å². The van der Waals surface area contributed by atoms with Gasteiger partial charge in [-0.2, -0.15) is 0 Å². The molecule has 1 N–H and O–H groups in total. The second-order valence-electron chi connectivity index (χ2n) is 7.97. The Balaban J connectivity index is 1.69. The van der Waals surface area contributed by atoms with E-state index in [4.69, 9.17) is 4.74 Å². The molecule has 1 aromatic carbocycles. The number of esters is 1. The van der Waals surface area contributed by atoms with Crippen LogP contribution in [-0.2, 0) is 20.9 Å². The van der Waals surface area contributed by atoms with Gasteiger partial charge in [0.1, 0.15) is 6.04 Å². The zero-order valence-electron chi connectivity index (χ0n) is 17.9. The first kappa shape index (κ1) is 22.0. The molecule has 2 aliphatic heterocycles. The van der Waals surface area contributed by atoms with Crippen LogP contribution in [0.2, 0.25) is 0 Å². The number of nitrogens with one attached hydrogen (secondary N) is 1. The van der Waals surface area contributed by atoms with Gasteiger partial charge in [-0.1, -0.05) is 18.2 Å². The number of ether oxygens (including phenoxy) is 1. The minimum Gasteiger partial charge on any atom is -0.468 e. The molecular formula is C23H31N3O4. The number of likely N-dealkylation sites (tertiary alicyclic amines) is 1. The lowest BCUT2D eigenvalue weighted by molar-refractivity contribution is -0.142. The van der Waals surface area contributed by atoms with Crippen LogP contribution in [0.5, 0.6) is 0 Å². The van der Waals surface area contributed by atoms with E-state index in [1.54, 1.807) is 18.0 Å². The number of carbonyl (C=O) groups excluding carboxylic acids is 3. The van der Waals surface area contributed by atoms with Crippen molar-refractivity contribution in [2.24, 2.45) is 0 Å². The van der Waals surface area contributed by atoms with E-state index in [0.717, 1.165) is 31.5 Å². The Morgan fingerprint density at radius 1 is 1.33 bits per heavy atom. The van der Waals surface area contributed by atoms with Crippen LogP contribution in [0.4, 0.5) is 0 Å². The van der Waals surface area contributed by atoms with Crippen LogP contribution in [-0.4, -0.2) is 67.4 Å². The Hall–Kier alpha value is -2.67. The van der Waals surface area contributed by atoms with Crippen molar-refractivity contribution in [2.45, 2.75) is 44.2 Å². The molecular weight excluding hydrogens is 382 g/mol. The summed E-state index contributed by atoms with van der Waals surface area (Å²) in [5.41, 5.74) is 2.90. The highest BCUT2D eigenvalue weighted by Gasteiger charge is 2.36. The smallest absolute Gasteiger partial charge is 0.319 e.